The van der Waals surface area contributed by atoms with Crippen LogP contribution in [0.15, 0.2) is 0 Å². The van der Waals surface area contributed by atoms with E-state index in [1.807, 2.05) is 0 Å². The van der Waals surface area contributed by atoms with Gasteiger partial charge in [0, 0.05) is 12.6 Å². The van der Waals surface area contributed by atoms with E-state index in [0.717, 1.165) is 24.9 Å². The maximum atomic E-state index is 5.79. The van der Waals surface area contributed by atoms with E-state index in [-0.39, 0.29) is 0 Å². The van der Waals surface area contributed by atoms with Crippen LogP contribution in [0, 0.1) is 11.8 Å². The van der Waals surface area contributed by atoms with Crippen LogP contribution in [0.1, 0.15) is 58.3 Å². The fraction of sp³-hybridized carbons (Fsp3) is 1.00. The highest BCUT2D eigenvalue weighted by Crippen LogP contribution is 2.36. The topological polar surface area (TPSA) is 47.3 Å². The van der Waals surface area contributed by atoms with Crippen molar-refractivity contribution in [3.8, 4) is 0 Å². The van der Waals surface area contributed by atoms with E-state index in [0.29, 0.717) is 12.1 Å². The summed E-state index contributed by atoms with van der Waals surface area (Å²) in [4.78, 5) is 0. The zero-order valence-electron chi connectivity index (χ0n) is 11.2. The fourth-order valence-corrected chi connectivity index (χ4v) is 3.75. The maximum absolute atomic E-state index is 5.79. The predicted molar refractivity (Wildman–Crippen MR) is 70.4 cm³/mol. The average molecular weight is 240 g/mol. The third-order valence-corrected chi connectivity index (χ3v) is 4.76. The standard InChI is InChI=1S/C14H28N2O/c1-2-11-6-3-4-8-13(11)14(16-15)10-12-7-5-9-17-12/h11-14,16H,2-10,15H2,1H3. The minimum Gasteiger partial charge on any atom is -0.378 e. The van der Waals surface area contributed by atoms with Crippen molar-refractivity contribution in [1.29, 1.82) is 0 Å². The molecular formula is C14H28N2O. The summed E-state index contributed by atoms with van der Waals surface area (Å²) >= 11 is 0. The van der Waals surface area contributed by atoms with E-state index in [9.17, 15) is 0 Å². The van der Waals surface area contributed by atoms with Crippen LogP contribution in [0.3, 0.4) is 0 Å². The SMILES string of the molecule is CCC1CCCCC1C(CC1CCCO1)NN. The Morgan fingerprint density at radius 1 is 1.24 bits per heavy atom. The van der Waals surface area contributed by atoms with Crippen LogP contribution in [0.4, 0.5) is 0 Å². The number of hydrazine groups is 1. The van der Waals surface area contributed by atoms with Crippen LogP contribution in [0.2, 0.25) is 0 Å². The number of hydrogen-bond donors (Lipinski definition) is 2. The van der Waals surface area contributed by atoms with Crippen LogP contribution in [0.5, 0.6) is 0 Å². The van der Waals surface area contributed by atoms with Gasteiger partial charge in [0.25, 0.3) is 0 Å². The first-order valence-electron chi connectivity index (χ1n) is 7.42. The van der Waals surface area contributed by atoms with Crippen molar-refractivity contribution in [2.45, 2.75) is 70.4 Å². The molecule has 0 radical (unpaired) electrons. The third kappa shape index (κ3) is 3.43. The first kappa shape index (κ1) is 13.3. The molecule has 2 fully saturated rings. The average Bonchev–Trinajstić information content (AvgIpc) is 2.89. The maximum Gasteiger partial charge on any atom is 0.0591 e. The van der Waals surface area contributed by atoms with Gasteiger partial charge in [0.2, 0.25) is 0 Å². The molecule has 1 aliphatic carbocycles. The van der Waals surface area contributed by atoms with Gasteiger partial charge in [0.15, 0.2) is 0 Å². The number of nitrogens with two attached hydrogens (primary N) is 1. The second-order valence-electron chi connectivity index (χ2n) is 5.76. The summed E-state index contributed by atoms with van der Waals surface area (Å²) in [6.45, 7) is 3.27. The second-order valence-corrected chi connectivity index (χ2v) is 5.76. The smallest absolute Gasteiger partial charge is 0.0591 e. The molecule has 2 aliphatic rings. The van der Waals surface area contributed by atoms with Crippen molar-refractivity contribution in [3.05, 3.63) is 0 Å². The molecule has 0 bridgehead atoms. The Labute approximate surface area is 105 Å². The van der Waals surface area contributed by atoms with Gasteiger partial charge in [0.1, 0.15) is 0 Å². The number of hydrogen-bond acceptors (Lipinski definition) is 3. The van der Waals surface area contributed by atoms with Crippen molar-refractivity contribution in [3.63, 3.8) is 0 Å². The molecule has 0 aromatic carbocycles. The first-order valence-corrected chi connectivity index (χ1v) is 7.42. The molecule has 1 aliphatic heterocycles. The Morgan fingerprint density at radius 2 is 2.06 bits per heavy atom. The number of nitrogens with one attached hydrogen (secondary N) is 1. The minimum absolute atomic E-state index is 0.454. The first-order chi connectivity index (χ1) is 8.35. The lowest BCUT2D eigenvalue weighted by atomic mass is 9.73. The number of rotatable bonds is 5. The quantitative estimate of drug-likeness (QED) is 0.573. The van der Waals surface area contributed by atoms with E-state index in [2.05, 4.69) is 12.3 Å². The molecule has 1 heterocycles. The zero-order valence-corrected chi connectivity index (χ0v) is 11.2. The Morgan fingerprint density at radius 3 is 2.71 bits per heavy atom. The van der Waals surface area contributed by atoms with E-state index < -0.39 is 0 Å². The fourth-order valence-electron chi connectivity index (χ4n) is 3.75. The predicted octanol–water partition coefficient (Wildman–Crippen LogP) is 2.60. The van der Waals surface area contributed by atoms with Crippen LogP contribution in [-0.4, -0.2) is 18.8 Å². The van der Waals surface area contributed by atoms with Crippen LogP contribution >= 0.6 is 0 Å². The van der Waals surface area contributed by atoms with Gasteiger partial charge in [-0.15, -0.1) is 0 Å². The second kappa shape index (κ2) is 6.72. The largest absolute Gasteiger partial charge is 0.378 e. The molecule has 3 N–H and O–H groups in total. The lowest BCUT2D eigenvalue weighted by Crippen LogP contribution is -2.46. The van der Waals surface area contributed by atoms with Crippen molar-refractivity contribution in [2.75, 3.05) is 6.61 Å². The Kier molecular flexibility index (Phi) is 5.26. The highest BCUT2D eigenvalue weighted by Gasteiger charge is 2.32. The Hall–Kier alpha value is -0.120. The molecule has 0 amide bonds. The molecule has 0 spiro atoms. The molecule has 0 aromatic heterocycles. The molecule has 2 rings (SSSR count). The Balaban J connectivity index is 1.90. The molecule has 4 atom stereocenters. The van der Waals surface area contributed by atoms with Crippen LogP contribution < -0.4 is 11.3 Å². The number of ether oxygens (including phenoxy) is 1. The molecule has 17 heavy (non-hydrogen) atoms. The van der Waals surface area contributed by atoms with E-state index in [1.54, 1.807) is 0 Å². The van der Waals surface area contributed by atoms with Crippen molar-refractivity contribution < 1.29 is 4.74 Å². The summed E-state index contributed by atoms with van der Waals surface area (Å²) in [7, 11) is 0. The van der Waals surface area contributed by atoms with E-state index >= 15 is 0 Å². The highest BCUT2D eigenvalue weighted by atomic mass is 16.5. The van der Waals surface area contributed by atoms with E-state index in [1.165, 1.54) is 44.9 Å². The van der Waals surface area contributed by atoms with Crippen LogP contribution in [0.25, 0.3) is 0 Å². The summed E-state index contributed by atoms with van der Waals surface area (Å²) in [5, 5.41) is 0. The van der Waals surface area contributed by atoms with Gasteiger partial charge >= 0.3 is 0 Å². The minimum atomic E-state index is 0.454. The summed E-state index contributed by atoms with van der Waals surface area (Å²) < 4.78 is 5.75. The normalized spacial score (nSPS) is 36.0. The van der Waals surface area contributed by atoms with Gasteiger partial charge in [-0.3, -0.25) is 11.3 Å². The molecule has 0 aromatic rings. The van der Waals surface area contributed by atoms with E-state index in [4.69, 9.17) is 10.6 Å². The summed E-state index contributed by atoms with van der Waals surface area (Å²) in [6, 6.07) is 0.461. The van der Waals surface area contributed by atoms with Crippen molar-refractivity contribution >= 4 is 0 Å². The molecule has 1 saturated carbocycles. The molecule has 100 valence electrons. The van der Waals surface area contributed by atoms with Gasteiger partial charge in [-0.2, -0.15) is 0 Å². The van der Waals surface area contributed by atoms with Crippen molar-refractivity contribution in [2.24, 2.45) is 17.7 Å². The molecule has 1 saturated heterocycles. The lowest BCUT2D eigenvalue weighted by Gasteiger charge is -2.37. The monoisotopic (exact) mass is 240 g/mol. The van der Waals surface area contributed by atoms with Gasteiger partial charge in [-0.05, 0) is 37.5 Å². The molecule has 4 unspecified atom stereocenters. The lowest BCUT2D eigenvalue weighted by molar-refractivity contribution is 0.0719. The highest BCUT2D eigenvalue weighted by molar-refractivity contribution is 4.86. The summed E-state index contributed by atoms with van der Waals surface area (Å²) in [6.07, 6.45) is 10.8. The van der Waals surface area contributed by atoms with Gasteiger partial charge < -0.3 is 4.74 Å². The Bertz CT molecular complexity index is 216. The van der Waals surface area contributed by atoms with Crippen LogP contribution in [-0.2, 0) is 4.74 Å². The molecule has 3 heteroatoms. The van der Waals surface area contributed by atoms with Gasteiger partial charge in [0.05, 0.1) is 6.10 Å². The molecular weight excluding hydrogens is 212 g/mol. The van der Waals surface area contributed by atoms with Crippen molar-refractivity contribution in [1.82, 2.24) is 5.43 Å². The summed E-state index contributed by atoms with van der Waals surface area (Å²) in [5.74, 6) is 7.43. The third-order valence-electron chi connectivity index (χ3n) is 4.76. The van der Waals surface area contributed by atoms with Gasteiger partial charge in [-0.1, -0.05) is 32.6 Å². The summed E-state index contributed by atoms with van der Waals surface area (Å²) in [5.41, 5.74) is 3.08. The van der Waals surface area contributed by atoms with Gasteiger partial charge in [-0.25, -0.2) is 0 Å². The zero-order chi connectivity index (χ0) is 12.1. The molecule has 3 nitrogen and oxygen atoms in total.